The van der Waals surface area contributed by atoms with Crippen LogP contribution in [0.2, 0.25) is 0 Å². The molecule has 120 valence electrons. The molecule has 0 amide bonds. The second-order valence-corrected chi connectivity index (χ2v) is 5.98. The van der Waals surface area contributed by atoms with E-state index in [1.807, 2.05) is 28.8 Å². The molecule has 4 nitrogen and oxygen atoms in total. The van der Waals surface area contributed by atoms with Crippen LogP contribution in [0.3, 0.4) is 0 Å². The van der Waals surface area contributed by atoms with Crippen LogP contribution in [-0.4, -0.2) is 9.38 Å². The van der Waals surface area contributed by atoms with Crippen LogP contribution in [0.25, 0.3) is 32.7 Å². The number of hydrogen-bond donors (Lipinski definition) is 1. The van der Waals surface area contributed by atoms with E-state index in [0.29, 0.717) is 11.2 Å². The predicted octanol–water partition coefficient (Wildman–Crippen LogP) is 4.82. The van der Waals surface area contributed by atoms with Gasteiger partial charge in [0.05, 0.1) is 12.3 Å². The molecule has 4 rings (SSSR count). The van der Waals surface area contributed by atoms with E-state index in [9.17, 15) is 4.79 Å². The third kappa shape index (κ3) is 2.52. The number of nitrogens with zero attached hydrogens (tertiary/aromatic N) is 2. The molecular formula is C21H15N3O. The van der Waals surface area contributed by atoms with E-state index < -0.39 is 0 Å². The quantitative estimate of drug-likeness (QED) is 0.527. The summed E-state index contributed by atoms with van der Waals surface area (Å²) in [5, 5.41) is 0. The van der Waals surface area contributed by atoms with Gasteiger partial charge in [-0.25, -0.2) is 4.85 Å². The van der Waals surface area contributed by atoms with Crippen molar-refractivity contribution in [3.63, 3.8) is 0 Å². The lowest BCUT2D eigenvalue weighted by Crippen LogP contribution is -2.07. The number of hydrogen-bond acceptors (Lipinski definition) is 1. The molecule has 0 unspecified atom stereocenters. The van der Waals surface area contributed by atoms with Crippen molar-refractivity contribution >= 4 is 11.2 Å². The van der Waals surface area contributed by atoms with Crippen molar-refractivity contribution in [3.05, 3.63) is 94.3 Å². The van der Waals surface area contributed by atoms with Gasteiger partial charge in [-0.05, 0) is 24.1 Å². The minimum Gasteiger partial charge on any atom is -0.326 e. The number of fused-ring (bicyclic) bond motifs is 1. The monoisotopic (exact) mass is 325 g/mol. The summed E-state index contributed by atoms with van der Waals surface area (Å²) in [6.07, 6.45) is 3.52. The number of aryl methyl sites for hydroxylation is 1. The van der Waals surface area contributed by atoms with Gasteiger partial charge in [0.2, 0.25) is 0 Å². The van der Waals surface area contributed by atoms with E-state index in [1.165, 1.54) is 5.56 Å². The number of H-pyrrole nitrogens is 1. The Labute approximate surface area is 144 Å². The van der Waals surface area contributed by atoms with Gasteiger partial charge in [0.15, 0.2) is 5.69 Å². The lowest BCUT2D eigenvalue weighted by atomic mass is 10.0. The summed E-state index contributed by atoms with van der Waals surface area (Å²) in [6.45, 7) is 9.16. The first-order valence-corrected chi connectivity index (χ1v) is 7.95. The van der Waals surface area contributed by atoms with Crippen LogP contribution < -0.4 is 5.56 Å². The van der Waals surface area contributed by atoms with Crippen molar-refractivity contribution < 1.29 is 0 Å². The highest BCUT2D eigenvalue weighted by atomic mass is 16.1. The first-order chi connectivity index (χ1) is 12.2. The average Bonchev–Trinajstić information content (AvgIpc) is 3.03. The third-order valence-electron chi connectivity index (χ3n) is 4.34. The van der Waals surface area contributed by atoms with Gasteiger partial charge in [0, 0.05) is 18.0 Å². The van der Waals surface area contributed by atoms with Crippen LogP contribution in [0, 0.1) is 13.5 Å². The first-order valence-electron chi connectivity index (χ1n) is 7.95. The third-order valence-corrected chi connectivity index (χ3v) is 4.34. The Kier molecular flexibility index (Phi) is 3.48. The van der Waals surface area contributed by atoms with Gasteiger partial charge in [-0.15, -0.1) is 0 Å². The molecule has 0 saturated heterocycles. The standard InChI is InChI=1S/C21H15N3O/c1-14-3-5-16(6-4-14)20-18(15-7-9-17(22-2)10-8-15)13-19-21(25)23-11-12-24(19)20/h3-13H,1H3,(H,23,25). The molecule has 0 bridgehead atoms. The Hall–Kier alpha value is -3.58. The Morgan fingerprint density at radius 1 is 1.00 bits per heavy atom. The van der Waals surface area contributed by atoms with Gasteiger partial charge in [0.1, 0.15) is 5.52 Å². The minimum atomic E-state index is -0.125. The Balaban J connectivity index is 2.04. The molecule has 0 saturated carbocycles. The zero-order chi connectivity index (χ0) is 17.4. The molecular weight excluding hydrogens is 310 g/mol. The molecule has 0 aliphatic heterocycles. The maximum Gasteiger partial charge on any atom is 0.272 e. The zero-order valence-electron chi connectivity index (χ0n) is 13.7. The fourth-order valence-corrected chi connectivity index (χ4v) is 3.06. The molecule has 0 atom stereocenters. The second-order valence-electron chi connectivity index (χ2n) is 5.98. The summed E-state index contributed by atoms with van der Waals surface area (Å²) in [7, 11) is 0. The highest BCUT2D eigenvalue weighted by Gasteiger charge is 2.15. The highest BCUT2D eigenvalue weighted by Crippen LogP contribution is 2.35. The summed E-state index contributed by atoms with van der Waals surface area (Å²) in [5.41, 5.74) is 6.22. The average molecular weight is 325 g/mol. The number of nitrogens with one attached hydrogen (secondary N) is 1. The number of aromatic nitrogens is 2. The molecule has 2 heterocycles. The summed E-state index contributed by atoms with van der Waals surface area (Å²) < 4.78 is 1.92. The highest BCUT2D eigenvalue weighted by molar-refractivity contribution is 5.87. The fourth-order valence-electron chi connectivity index (χ4n) is 3.06. The van der Waals surface area contributed by atoms with Crippen LogP contribution >= 0.6 is 0 Å². The van der Waals surface area contributed by atoms with E-state index in [2.05, 4.69) is 41.0 Å². The second kappa shape index (κ2) is 5.81. The lowest BCUT2D eigenvalue weighted by molar-refractivity contribution is 1.11. The summed E-state index contributed by atoms with van der Waals surface area (Å²) in [6, 6.07) is 17.6. The molecule has 25 heavy (non-hydrogen) atoms. The van der Waals surface area contributed by atoms with E-state index in [1.54, 1.807) is 18.3 Å². The van der Waals surface area contributed by atoms with Gasteiger partial charge in [-0.3, -0.25) is 4.79 Å². The lowest BCUT2D eigenvalue weighted by Gasteiger charge is -2.08. The smallest absolute Gasteiger partial charge is 0.272 e. The molecule has 2 aromatic carbocycles. The number of rotatable bonds is 2. The van der Waals surface area contributed by atoms with Crippen LogP contribution in [0.15, 0.2) is 71.8 Å². The van der Waals surface area contributed by atoms with Crippen LogP contribution in [0.1, 0.15) is 5.56 Å². The van der Waals surface area contributed by atoms with E-state index in [0.717, 1.165) is 22.4 Å². The molecule has 2 aromatic heterocycles. The largest absolute Gasteiger partial charge is 0.326 e. The summed E-state index contributed by atoms with van der Waals surface area (Å²) >= 11 is 0. The van der Waals surface area contributed by atoms with Gasteiger partial charge in [-0.2, -0.15) is 0 Å². The normalized spacial score (nSPS) is 10.7. The van der Waals surface area contributed by atoms with Gasteiger partial charge >= 0.3 is 0 Å². The minimum absolute atomic E-state index is 0.125. The predicted molar refractivity (Wildman–Crippen MR) is 99.9 cm³/mol. The topological polar surface area (TPSA) is 41.6 Å². The van der Waals surface area contributed by atoms with E-state index in [-0.39, 0.29) is 5.56 Å². The van der Waals surface area contributed by atoms with Crippen LogP contribution in [0.5, 0.6) is 0 Å². The Morgan fingerprint density at radius 2 is 1.68 bits per heavy atom. The van der Waals surface area contributed by atoms with Crippen molar-refractivity contribution in [2.45, 2.75) is 6.92 Å². The molecule has 1 N–H and O–H groups in total. The summed E-state index contributed by atoms with van der Waals surface area (Å²) in [5.74, 6) is 0. The molecule has 0 aliphatic rings. The number of benzene rings is 2. The molecule has 4 heteroatoms. The van der Waals surface area contributed by atoms with Crippen molar-refractivity contribution in [2.75, 3.05) is 0 Å². The Morgan fingerprint density at radius 3 is 2.36 bits per heavy atom. The van der Waals surface area contributed by atoms with Gasteiger partial charge in [0.25, 0.3) is 5.56 Å². The molecule has 0 spiro atoms. The SMILES string of the molecule is [C-]#[N+]c1ccc(-c2cc3c(=O)[nH]ccn3c2-c2ccc(C)cc2)cc1. The zero-order valence-corrected chi connectivity index (χ0v) is 13.7. The van der Waals surface area contributed by atoms with E-state index >= 15 is 0 Å². The van der Waals surface area contributed by atoms with Crippen molar-refractivity contribution in [3.8, 4) is 22.4 Å². The summed E-state index contributed by atoms with van der Waals surface area (Å²) in [4.78, 5) is 18.4. The van der Waals surface area contributed by atoms with Gasteiger partial charge < -0.3 is 9.38 Å². The maximum atomic E-state index is 12.2. The van der Waals surface area contributed by atoms with Crippen LogP contribution in [-0.2, 0) is 0 Å². The van der Waals surface area contributed by atoms with Crippen molar-refractivity contribution in [1.82, 2.24) is 9.38 Å². The molecule has 0 fully saturated rings. The number of aromatic amines is 1. The molecule has 4 aromatic rings. The molecule has 0 aliphatic carbocycles. The maximum absolute atomic E-state index is 12.2. The Bertz CT molecular complexity index is 1160. The first kappa shape index (κ1) is 15.0. The molecule has 0 radical (unpaired) electrons. The van der Waals surface area contributed by atoms with Gasteiger partial charge in [-0.1, -0.05) is 54.1 Å². The van der Waals surface area contributed by atoms with Crippen LogP contribution in [0.4, 0.5) is 5.69 Å². The fraction of sp³-hybridized carbons (Fsp3) is 0.0476. The van der Waals surface area contributed by atoms with Crippen molar-refractivity contribution in [2.24, 2.45) is 0 Å². The van der Waals surface area contributed by atoms with Crippen molar-refractivity contribution in [1.29, 1.82) is 0 Å². The van der Waals surface area contributed by atoms with E-state index in [4.69, 9.17) is 6.57 Å².